The van der Waals surface area contributed by atoms with Crippen LogP contribution in [0.1, 0.15) is 24.2 Å². The molecule has 0 aromatic carbocycles. The molecule has 2 aliphatic heterocycles. The molecule has 1 unspecified atom stereocenters. The SMILES string of the molecule is Cc1nn(CC2CCO2)c(C)c1-c1ccnc(O[C@@H]2CCN(c3cn[nH]c(=O)c3Cl)C2)c1. The number of nitrogens with zero attached hydrogens (tertiary/aromatic N) is 5. The van der Waals surface area contributed by atoms with Gasteiger partial charge < -0.3 is 14.4 Å². The zero-order chi connectivity index (χ0) is 22.2. The molecule has 0 saturated carbocycles. The number of hydrogen-bond acceptors (Lipinski definition) is 7. The normalized spacial score (nSPS) is 20.4. The van der Waals surface area contributed by atoms with E-state index in [1.165, 1.54) is 0 Å². The Labute approximate surface area is 190 Å². The molecule has 168 valence electrons. The van der Waals surface area contributed by atoms with Gasteiger partial charge in [0.2, 0.25) is 5.88 Å². The van der Waals surface area contributed by atoms with Gasteiger partial charge in [-0.25, -0.2) is 10.1 Å². The van der Waals surface area contributed by atoms with Gasteiger partial charge in [-0.1, -0.05) is 11.6 Å². The Morgan fingerprint density at radius 3 is 2.97 bits per heavy atom. The maximum absolute atomic E-state index is 11.7. The second-order valence-corrected chi connectivity index (χ2v) is 8.64. The summed E-state index contributed by atoms with van der Waals surface area (Å²) in [6.45, 7) is 7.05. The van der Waals surface area contributed by atoms with E-state index in [0.29, 0.717) is 18.1 Å². The second-order valence-electron chi connectivity index (χ2n) is 8.27. The van der Waals surface area contributed by atoms with Crippen molar-refractivity contribution in [2.75, 3.05) is 24.6 Å². The average Bonchev–Trinajstić information content (AvgIpc) is 3.31. The van der Waals surface area contributed by atoms with Gasteiger partial charge in [0.25, 0.3) is 5.56 Å². The summed E-state index contributed by atoms with van der Waals surface area (Å²) in [6.07, 6.45) is 5.41. The van der Waals surface area contributed by atoms with Gasteiger partial charge in [0.05, 0.1) is 36.8 Å². The average molecular weight is 457 g/mol. The molecule has 1 N–H and O–H groups in total. The Morgan fingerprint density at radius 2 is 2.19 bits per heavy atom. The minimum Gasteiger partial charge on any atom is -0.472 e. The largest absolute Gasteiger partial charge is 0.472 e. The van der Waals surface area contributed by atoms with Crippen molar-refractivity contribution in [3.63, 3.8) is 0 Å². The van der Waals surface area contributed by atoms with E-state index in [0.717, 1.165) is 55.1 Å². The highest BCUT2D eigenvalue weighted by Gasteiger charge is 2.27. The molecule has 10 heteroatoms. The number of nitrogens with one attached hydrogen (secondary N) is 1. The van der Waals surface area contributed by atoms with Gasteiger partial charge in [-0.2, -0.15) is 10.2 Å². The van der Waals surface area contributed by atoms with Crippen molar-refractivity contribution < 1.29 is 9.47 Å². The smallest absolute Gasteiger partial charge is 0.285 e. The van der Waals surface area contributed by atoms with E-state index in [2.05, 4.69) is 22.1 Å². The van der Waals surface area contributed by atoms with Gasteiger partial charge in [-0.05, 0) is 31.9 Å². The lowest BCUT2D eigenvalue weighted by atomic mass is 10.1. The van der Waals surface area contributed by atoms with Gasteiger partial charge in [-0.3, -0.25) is 9.48 Å². The van der Waals surface area contributed by atoms with Crippen molar-refractivity contribution in [3.05, 3.63) is 51.3 Å². The first-order valence-corrected chi connectivity index (χ1v) is 11.1. The van der Waals surface area contributed by atoms with Crippen LogP contribution in [0.25, 0.3) is 11.1 Å². The maximum Gasteiger partial charge on any atom is 0.285 e. The molecule has 2 atom stereocenters. The second kappa shape index (κ2) is 8.55. The van der Waals surface area contributed by atoms with E-state index in [1.807, 2.05) is 28.6 Å². The molecule has 0 radical (unpaired) electrons. The number of ether oxygens (including phenoxy) is 2. The topological polar surface area (TPSA) is 98.2 Å². The van der Waals surface area contributed by atoms with Gasteiger partial charge in [-0.15, -0.1) is 0 Å². The van der Waals surface area contributed by atoms with Crippen LogP contribution in [0.3, 0.4) is 0 Å². The Kier molecular flexibility index (Phi) is 5.60. The van der Waals surface area contributed by atoms with E-state index >= 15 is 0 Å². The molecule has 0 aliphatic carbocycles. The Balaban J connectivity index is 1.31. The molecule has 9 nitrogen and oxygen atoms in total. The van der Waals surface area contributed by atoms with Crippen LogP contribution in [-0.2, 0) is 11.3 Å². The van der Waals surface area contributed by atoms with Crippen molar-refractivity contribution in [1.29, 1.82) is 0 Å². The number of pyridine rings is 1. The molecule has 5 heterocycles. The van der Waals surface area contributed by atoms with Crippen molar-refractivity contribution >= 4 is 17.3 Å². The van der Waals surface area contributed by atoms with Crippen LogP contribution in [-0.4, -0.2) is 56.9 Å². The number of anilines is 1. The van der Waals surface area contributed by atoms with Gasteiger partial charge in [0, 0.05) is 43.1 Å². The van der Waals surface area contributed by atoms with Crippen molar-refractivity contribution in [3.8, 4) is 17.0 Å². The minimum atomic E-state index is -0.391. The quantitative estimate of drug-likeness (QED) is 0.608. The molecule has 3 aromatic heterocycles. The van der Waals surface area contributed by atoms with Crippen molar-refractivity contribution in [2.24, 2.45) is 0 Å². The highest BCUT2D eigenvalue weighted by molar-refractivity contribution is 6.33. The predicted octanol–water partition coefficient (Wildman–Crippen LogP) is 2.75. The number of hydrogen-bond donors (Lipinski definition) is 1. The minimum absolute atomic E-state index is 0.0613. The van der Waals surface area contributed by atoms with Crippen LogP contribution in [0.4, 0.5) is 5.69 Å². The summed E-state index contributed by atoms with van der Waals surface area (Å²) in [5.74, 6) is 0.568. The molecule has 32 heavy (non-hydrogen) atoms. The number of aromatic amines is 1. The van der Waals surface area contributed by atoms with E-state index in [-0.39, 0.29) is 17.2 Å². The molecule has 0 bridgehead atoms. The van der Waals surface area contributed by atoms with Crippen LogP contribution >= 0.6 is 11.6 Å². The summed E-state index contributed by atoms with van der Waals surface area (Å²) in [5, 5.41) is 11.1. The number of aromatic nitrogens is 5. The lowest BCUT2D eigenvalue weighted by Crippen LogP contribution is -2.31. The highest BCUT2D eigenvalue weighted by Crippen LogP contribution is 2.31. The molecule has 3 aromatic rings. The standard InChI is InChI=1S/C22H25ClN6O3/c1-13-20(14(2)29(27-13)12-16-5-8-31-16)15-3-6-24-19(9-15)32-17-4-7-28(11-17)18-10-25-26-22(30)21(18)23/h3,6,9-10,16-17H,4-5,7-8,11-12H2,1-2H3,(H,26,30)/t16?,17-/m1/s1. The number of rotatable bonds is 6. The van der Waals surface area contributed by atoms with Crippen molar-refractivity contribution in [1.82, 2.24) is 25.0 Å². The molecule has 0 amide bonds. The first kappa shape index (κ1) is 21.0. The summed E-state index contributed by atoms with van der Waals surface area (Å²) in [5.41, 5.74) is 4.45. The lowest BCUT2D eigenvalue weighted by Gasteiger charge is -2.26. The third-order valence-corrected chi connectivity index (χ3v) is 6.49. The maximum atomic E-state index is 11.7. The van der Waals surface area contributed by atoms with Gasteiger partial charge in [0.1, 0.15) is 11.1 Å². The van der Waals surface area contributed by atoms with Crippen LogP contribution in [0.2, 0.25) is 5.02 Å². The fourth-order valence-corrected chi connectivity index (χ4v) is 4.56. The molecule has 2 aliphatic rings. The third kappa shape index (κ3) is 3.98. The molecule has 5 rings (SSSR count). The predicted molar refractivity (Wildman–Crippen MR) is 120 cm³/mol. The van der Waals surface area contributed by atoms with Crippen LogP contribution in [0.5, 0.6) is 5.88 Å². The summed E-state index contributed by atoms with van der Waals surface area (Å²) < 4.78 is 13.8. The monoisotopic (exact) mass is 456 g/mol. The summed E-state index contributed by atoms with van der Waals surface area (Å²) in [7, 11) is 0. The summed E-state index contributed by atoms with van der Waals surface area (Å²) in [4.78, 5) is 18.2. The number of halogens is 1. The molecule has 2 fully saturated rings. The van der Waals surface area contributed by atoms with Crippen LogP contribution < -0.4 is 15.2 Å². The zero-order valence-electron chi connectivity index (χ0n) is 18.0. The Hall–Kier alpha value is -2.91. The summed E-state index contributed by atoms with van der Waals surface area (Å²) in [6, 6.07) is 3.95. The third-order valence-electron chi connectivity index (χ3n) is 6.13. The first-order chi connectivity index (χ1) is 15.5. The van der Waals surface area contributed by atoms with E-state index in [9.17, 15) is 4.79 Å². The number of aryl methyl sites for hydroxylation is 1. The fourth-order valence-electron chi connectivity index (χ4n) is 4.35. The molecular weight excluding hydrogens is 432 g/mol. The van der Waals surface area contributed by atoms with E-state index < -0.39 is 5.56 Å². The van der Waals surface area contributed by atoms with Crippen LogP contribution in [0, 0.1) is 13.8 Å². The zero-order valence-corrected chi connectivity index (χ0v) is 18.8. The molecule has 2 saturated heterocycles. The lowest BCUT2D eigenvalue weighted by molar-refractivity contribution is -0.0612. The van der Waals surface area contributed by atoms with E-state index in [1.54, 1.807) is 12.4 Å². The number of H-pyrrole nitrogens is 1. The van der Waals surface area contributed by atoms with Crippen molar-refractivity contribution in [2.45, 2.75) is 45.4 Å². The van der Waals surface area contributed by atoms with E-state index in [4.69, 9.17) is 26.2 Å². The first-order valence-electron chi connectivity index (χ1n) is 10.8. The van der Waals surface area contributed by atoms with Gasteiger partial charge >= 0.3 is 0 Å². The Bertz CT molecular complexity index is 1190. The molecule has 0 spiro atoms. The van der Waals surface area contributed by atoms with Gasteiger partial charge in [0.15, 0.2) is 0 Å². The fraction of sp³-hybridized carbons (Fsp3) is 0.455. The Morgan fingerprint density at radius 1 is 1.34 bits per heavy atom. The highest BCUT2D eigenvalue weighted by atomic mass is 35.5. The molecular formula is C22H25ClN6O3. The van der Waals surface area contributed by atoms with Crippen LogP contribution in [0.15, 0.2) is 29.3 Å². The summed E-state index contributed by atoms with van der Waals surface area (Å²) >= 11 is 6.15.